The second-order valence-electron chi connectivity index (χ2n) is 5.37. The quantitative estimate of drug-likeness (QED) is 0.909. The van der Waals surface area contributed by atoms with Gasteiger partial charge in [-0.05, 0) is 36.6 Å². The molecule has 1 aliphatic rings. The van der Waals surface area contributed by atoms with Gasteiger partial charge in [0, 0.05) is 25.2 Å². The number of fused-ring (bicyclic) bond motifs is 1. The van der Waals surface area contributed by atoms with Crippen molar-refractivity contribution in [1.29, 1.82) is 0 Å². The number of para-hydroxylation sites is 1. The summed E-state index contributed by atoms with van der Waals surface area (Å²) in [7, 11) is 0. The number of aromatic nitrogens is 1. The minimum atomic E-state index is -0.105. The van der Waals surface area contributed by atoms with Crippen LogP contribution in [-0.2, 0) is 11.2 Å². The van der Waals surface area contributed by atoms with Crippen LogP contribution in [0.1, 0.15) is 18.4 Å². The molecule has 1 aliphatic heterocycles. The van der Waals surface area contributed by atoms with Crippen LogP contribution in [0.4, 0.5) is 17.2 Å². The van der Waals surface area contributed by atoms with Gasteiger partial charge in [-0.15, -0.1) is 0 Å². The van der Waals surface area contributed by atoms with Crippen molar-refractivity contribution in [1.82, 2.24) is 4.98 Å². The number of pyridine rings is 1. The van der Waals surface area contributed by atoms with E-state index in [9.17, 15) is 4.79 Å². The Morgan fingerprint density at radius 3 is 2.91 bits per heavy atom. The number of nitrogens with zero attached hydrogens (tertiary/aromatic N) is 2. The van der Waals surface area contributed by atoms with E-state index in [1.165, 1.54) is 11.3 Å². The summed E-state index contributed by atoms with van der Waals surface area (Å²) in [6, 6.07) is 12.3. The van der Waals surface area contributed by atoms with Crippen LogP contribution in [0, 0.1) is 0 Å². The minimum Gasteiger partial charge on any atom is -0.340 e. The zero-order valence-corrected chi connectivity index (χ0v) is 12.5. The van der Waals surface area contributed by atoms with Crippen LogP contribution >= 0.6 is 0 Å². The van der Waals surface area contributed by atoms with E-state index in [0.717, 1.165) is 25.1 Å². The van der Waals surface area contributed by atoms with Crippen molar-refractivity contribution in [3.05, 3.63) is 48.2 Å². The summed E-state index contributed by atoms with van der Waals surface area (Å²) < 4.78 is 0. The molecule has 1 aromatic carbocycles. The zero-order valence-electron chi connectivity index (χ0n) is 12.5. The number of nitrogens with one attached hydrogen (secondary N) is 1. The Morgan fingerprint density at radius 2 is 2.14 bits per heavy atom. The molecule has 5 heteroatoms. The van der Waals surface area contributed by atoms with E-state index in [-0.39, 0.29) is 5.91 Å². The van der Waals surface area contributed by atoms with Crippen LogP contribution in [0.3, 0.4) is 0 Å². The van der Waals surface area contributed by atoms with E-state index in [4.69, 9.17) is 5.73 Å². The molecule has 0 unspecified atom stereocenters. The van der Waals surface area contributed by atoms with Gasteiger partial charge in [-0.2, -0.15) is 0 Å². The van der Waals surface area contributed by atoms with Crippen molar-refractivity contribution in [3.63, 3.8) is 0 Å². The van der Waals surface area contributed by atoms with E-state index in [1.807, 2.05) is 12.1 Å². The maximum atomic E-state index is 11.5. The van der Waals surface area contributed by atoms with Crippen molar-refractivity contribution < 1.29 is 4.79 Å². The second kappa shape index (κ2) is 6.58. The van der Waals surface area contributed by atoms with Gasteiger partial charge < -0.3 is 16.0 Å². The van der Waals surface area contributed by atoms with Gasteiger partial charge in [-0.3, -0.25) is 4.79 Å². The van der Waals surface area contributed by atoms with Crippen LogP contribution in [0.2, 0.25) is 0 Å². The van der Waals surface area contributed by atoms with Crippen LogP contribution in [0.25, 0.3) is 0 Å². The monoisotopic (exact) mass is 296 g/mol. The lowest BCUT2D eigenvalue weighted by Crippen LogP contribution is -2.24. The summed E-state index contributed by atoms with van der Waals surface area (Å²) in [5.41, 5.74) is 9.02. The fourth-order valence-electron chi connectivity index (χ4n) is 2.76. The van der Waals surface area contributed by atoms with Crippen LogP contribution in [-0.4, -0.2) is 24.0 Å². The molecule has 0 saturated carbocycles. The Balaban J connectivity index is 1.78. The number of rotatable bonds is 4. The molecule has 0 radical (unpaired) electrons. The molecule has 22 heavy (non-hydrogen) atoms. The van der Waals surface area contributed by atoms with E-state index in [1.54, 1.807) is 6.20 Å². The van der Waals surface area contributed by atoms with Gasteiger partial charge in [0.05, 0.1) is 11.9 Å². The first kappa shape index (κ1) is 14.5. The van der Waals surface area contributed by atoms with Crippen molar-refractivity contribution >= 4 is 23.1 Å². The summed E-state index contributed by atoms with van der Waals surface area (Å²) in [5, 5.41) is 2.74. The molecule has 1 amide bonds. The highest BCUT2D eigenvalue weighted by atomic mass is 16.1. The second-order valence-corrected chi connectivity index (χ2v) is 5.37. The number of amides is 1. The average molecular weight is 296 g/mol. The first-order valence-corrected chi connectivity index (χ1v) is 7.59. The lowest BCUT2D eigenvalue weighted by molar-refractivity contribution is -0.116. The predicted molar refractivity (Wildman–Crippen MR) is 88.3 cm³/mol. The number of benzene rings is 1. The number of anilines is 3. The summed E-state index contributed by atoms with van der Waals surface area (Å²) in [4.78, 5) is 18.1. The molecule has 0 aliphatic carbocycles. The third-order valence-electron chi connectivity index (χ3n) is 3.81. The SMILES string of the molecule is NCCC(=O)Nc1ccc(N2CCCc3ccccc32)cn1. The predicted octanol–water partition coefficient (Wildman–Crippen LogP) is 2.45. The summed E-state index contributed by atoms with van der Waals surface area (Å²) in [6.45, 7) is 1.33. The van der Waals surface area contributed by atoms with E-state index < -0.39 is 0 Å². The van der Waals surface area contributed by atoms with Crippen molar-refractivity contribution in [2.45, 2.75) is 19.3 Å². The van der Waals surface area contributed by atoms with Crippen molar-refractivity contribution in [2.24, 2.45) is 5.73 Å². The Labute approximate surface area is 130 Å². The number of carbonyl (C=O) groups excluding carboxylic acids is 1. The largest absolute Gasteiger partial charge is 0.340 e. The third kappa shape index (κ3) is 3.09. The van der Waals surface area contributed by atoms with Gasteiger partial charge in [0.15, 0.2) is 0 Å². The summed E-state index contributed by atoms with van der Waals surface area (Å²) in [5.74, 6) is 0.457. The molecule has 2 heterocycles. The molecule has 0 atom stereocenters. The minimum absolute atomic E-state index is 0.105. The van der Waals surface area contributed by atoms with Gasteiger partial charge >= 0.3 is 0 Å². The molecule has 2 aromatic rings. The molecule has 1 aromatic heterocycles. The molecule has 0 fully saturated rings. The first-order chi connectivity index (χ1) is 10.8. The van der Waals surface area contributed by atoms with E-state index in [2.05, 4.69) is 39.5 Å². The molecule has 114 valence electrons. The van der Waals surface area contributed by atoms with Gasteiger partial charge in [-0.1, -0.05) is 18.2 Å². The standard InChI is InChI=1S/C17H20N4O/c18-10-9-17(22)20-16-8-7-14(12-19-16)21-11-3-5-13-4-1-2-6-15(13)21/h1-2,4,6-8,12H,3,5,9-11,18H2,(H,19,20,22). The molecule has 3 rings (SSSR count). The summed E-state index contributed by atoms with van der Waals surface area (Å²) in [6.07, 6.45) is 4.36. The number of hydrogen-bond acceptors (Lipinski definition) is 4. The Morgan fingerprint density at radius 1 is 1.27 bits per heavy atom. The van der Waals surface area contributed by atoms with Crippen LogP contribution in [0.15, 0.2) is 42.6 Å². The highest BCUT2D eigenvalue weighted by molar-refractivity contribution is 5.90. The van der Waals surface area contributed by atoms with Crippen LogP contribution in [0.5, 0.6) is 0 Å². The molecule has 0 spiro atoms. The fourth-order valence-corrected chi connectivity index (χ4v) is 2.76. The van der Waals surface area contributed by atoms with Gasteiger partial charge in [0.1, 0.15) is 5.82 Å². The maximum absolute atomic E-state index is 11.5. The first-order valence-electron chi connectivity index (χ1n) is 7.59. The Hall–Kier alpha value is -2.40. The van der Waals surface area contributed by atoms with E-state index in [0.29, 0.717) is 18.8 Å². The lowest BCUT2D eigenvalue weighted by Gasteiger charge is -2.31. The molecule has 3 N–H and O–H groups in total. The van der Waals surface area contributed by atoms with Gasteiger partial charge in [0.25, 0.3) is 0 Å². The van der Waals surface area contributed by atoms with Crippen molar-refractivity contribution in [2.75, 3.05) is 23.3 Å². The smallest absolute Gasteiger partial charge is 0.226 e. The molecule has 5 nitrogen and oxygen atoms in total. The Bertz CT molecular complexity index is 654. The number of carbonyl (C=O) groups is 1. The highest BCUT2D eigenvalue weighted by Gasteiger charge is 2.17. The van der Waals surface area contributed by atoms with Crippen molar-refractivity contribution in [3.8, 4) is 0 Å². The number of aryl methyl sites for hydroxylation is 1. The zero-order chi connectivity index (χ0) is 15.4. The fraction of sp³-hybridized carbons (Fsp3) is 0.294. The molecular weight excluding hydrogens is 276 g/mol. The molecule has 0 bridgehead atoms. The van der Waals surface area contributed by atoms with E-state index >= 15 is 0 Å². The van der Waals surface area contributed by atoms with Gasteiger partial charge in [0.2, 0.25) is 5.91 Å². The lowest BCUT2D eigenvalue weighted by atomic mass is 10.0. The number of nitrogens with two attached hydrogens (primary N) is 1. The highest BCUT2D eigenvalue weighted by Crippen LogP contribution is 2.33. The topological polar surface area (TPSA) is 71.2 Å². The van der Waals surface area contributed by atoms with Crippen LogP contribution < -0.4 is 16.0 Å². The summed E-state index contributed by atoms with van der Waals surface area (Å²) >= 11 is 0. The normalized spacial score (nSPS) is 13.6. The Kier molecular flexibility index (Phi) is 4.34. The third-order valence-corrected chi connectivity index (χ3v) is 3.81. The van der Waals surface area contributed by atoms with Gasteiger partial charge in [-0.25, -0.2) is 4.98 Å². The maximum Gasteiger partial charge on any atom is 0.226 e. The molecular formula is C17H20N4O. The number of hydrogen-bond donors (Lipinski definition) is 2. The average Bonchev–Trinajstić information content (AvgIpc) is 2.55. The molecule has 0 saturated heterocycles.